The first-order valence-electron chi connectivity index (χ1n) is 6.31. The predicted molar refractivity (Wildman–Crippen MR) is 82.6 cm³/mol. The van der Waals surface area contributed by atoms with E-state index in [2.05, 4.69) is 41.5 Å². The quantitative estimate of drug-likeness (QED) is 0.843. The van der Waals surface area contributed by atoms with Crippen LogP contribution in [-0.4, -0.2) is 28.6 Å². The van der Waals surface area contributed by atoms with Crippen molar-refractivity contribution in [3.05, 3.63) is 28.7 Å². The van der Waals surface area contributed by atoms with Gasteiger partial charge in [-0.05, 0) is 34.5 Å². The Bertz CT molecular complexity index is 578. The van der Waals surface area contributed by atoms with Gasteiger partial charge in [0.05, 0.1) is 12.3 Å². The average molecular weight is 338 g/mol. The molecule has 0 unspecified atom stereocenters. The van der Waals surface area contributed by atoms with Gasteiger partial charge in [-0.2, -0.15) is 15.0 Å². The van der Waals surface area contributed by atoms with E-state index in [1.54, 1.807) is 7.05 Å². The van der Waals surface area contributed by atoms with Crippen molar-refractivity contribution in [2.75, 3.05) is 24.3 Å². The largest absolute Gasteiger partial charge is 0.463 e. The van der Waals surface area contributed by atoms with Gasteiger partial charge in [0.1, 0.15) is 0 Å². The summed E-state index contributed by atoms with van der Waals surface area (Å²) in [6.45, 7) is 2.60. The number of hydrogen-bond acceptors (Lipinski definition) is 6. The van der Waals surface area contributed by atoms with E-state index in [0.29, 0.717) is 24.5 Å². The molecule has 0 amide bonds. The first kappa shape index (κ1) is 14.5. The van der Waals surface area contributed by atoms with Crippen molar-refractivity contribution in [2.24, 2.45) is 0 Å². The van der Waals surface area contributed by atoms with Gasteiger partial charge in [-0.25, -0.2) is 0 Å². The van der Waals surface area contributed by atoms with Crippen molar-refractivity contribution < 1.29 is 4.74 Å². The molecule has 0 saturated carbocycles. The lowest BCUT2D eigenvalue weighted by Crippen LogP contribution is -2.07. The monoisotopic (exact) mass is 337 g/mol. The van der Waals surface area contributed by atoms with Gasteiger partial charge in [-0.15, -0.1) is 0 Å². The minimum Gasteiger partial charge on any atom is -0.463 e. The molecule has 0 aliphatic heterocycles. The molecule has 2 N–H and O–H groups in total. The maximum atomic E-state index is 5.45. The van der Waals surface area contributed by atoms with Crippen molar-refractivity contribution in [1.82, 2.24) is 15.0 Å². The van der Waals surface area contributed by atoms with Crippen LogP contribution in [0.5, 0.6) is 6.01 Å². The molecular weight excluding hydrogens is 322 g/mol. The van der Waals surface area contributed by atoms with E-state index >= 15 is 0 Å². The van der Waals surface area contributed by atoms with E-state index in [0.717, 1.165) is 16.6 Å². The van der Waals surface area contributed by atoms with E-state index in [4.69, 9.17) is 4.74 Å². The summed E-state index contributed by atoms with van der Waals surface area (Å²) in [7, 11) is 1.75. The molecule has 0 saturated heterocycles. The standard InChI is InChI=1S/C13H16BrN5O/c1-3-8-20-13-18-11(15-2)17-12(19-13)16-10-7-5-4-6-9(10)14/h4-7H,3,8H2,1-2H3,(H2,15,16,17,18,19). The number of benzene rings is 1. The molecule has 0 radical (unpaired) electrons. The zero-order chi connectivity index (χ0) is 14.4. The third-order valence-corrected chi connectivity index (χ3v) is 3.09. The Hall–Kier alpha value is -1.89. The summed E-state index contributed by atoms with van der Waals surface area (Å²) >= 11 is 3.47. The Morgan fingerprint density at radius 3 is 2.60 bits per heavy atom. The number of hydrogen-bond donors (Lipinski definition) is 2. The Morgan fingerprint density at radius 2 is 1.90 bits per heavy atom. The SMILES string of the molecule is CCCOc1nc(NC)nc(Nc2ccccc2Br)n1. The van der Waals surface area contributed by atoms with Gasteiger partial charge < -0.3 is 15.4 Å². The summed E-state index contributed by atoms with van der Waals surface area (Å²) in [5, 5.41) is 6.03. The zero-order valence-corrected chi connectivity index (χ0v) is 12.9. The second-order valence-corrected chi connectivity index (χ2v) is 4.82. The molecule has 106 valence electrons. The van der Waals surface area contributed by atoms with E-state index in [1.165, 1.54) is 0 Å². The summed E-state index contributed by atoms with van der Waals surface area (Å²) in [6, 6.07) is 8.05. The van der Waals surface area contributed by atoms with Gasteiger partial charge in [-0.1, -0.05) is 19.1 Å². The highest BCUT2D eigenvalue weighted by Gasteiger charge is 2.08. The number of para-hydroxylation sites is 1. The van der Waals surface area contributed by atoms with Crippen molar-refractivity contribution in [3.8, 4) is 6.01 Å². The molecule has 0 aliphatic carbocycles. The Labute approximate surface area is 126 Å². The lowest BCUT2D eigenvalue weighted by atomic mass is 10.3. The molecule has 0 aliphatic rings. The lowest BCUT2D eigenvalue weighted by Gasteiger charge is -2.10. The topological polar surface area (TPSA) is 72.0 Å². The van der Waals surface area contributed by atoms with Crippen LogP contribution in [-0.2, 0) is 0 Å². The maximum Gasteiger partial charge on any atom is 0.323 e. The second-order valence-electron chi connectivity index (χ2n) is 3.97. The number of rotatable bonds is 6. The second kappa shape index (κ2) is 7.04. The van der Waals surface area contributed by atoms with E-state index < -0.39 is 0 Å². The molecule has 20 heavy (non-hydrogen) atoms. The smallest absolute Gasteiger partial charge is 0.323 e. The first-order chi connectivity index (χ1) is 9.72. The van der Waals surface area contributed by atoms with E-state index in [-0.39, 0.29) is 0 Å². The maximum absolute atomic E-state index is 5.45. The predicted octanol–water partition coefficient (Wildman–Crippen LogP) is 3.21. The number of aromatic nitrogens is 3. The van der Waals surface area contributed by atoms with Crippen LogP contribution in [0.4, 0.5) is 17.6 Å². The van der Waals surface area contributed by atoms with Gasteiger partial charge in [0.2, 0.25) is 11.9 Å². The molecule has 1 aromatic carbocycles. The van der Waals surface area contributed by atoms with Gasteiger partial charge >= 0.3 is 6.01 Å². The molecule has 0 atom stereocenters. The van der Waals surface area contributed by atoms with Gasteiger partial charge in [0, 0.05) is 11.5 Å². The fourth-order valence-corrected chi connectivity index (χ4v) is 1.85. The minimum absolute atomic E-state index is 0.306. The van der Waals surface area contributed by atoms with E-state index in [9.17, 15) is 0 Å². The number of nitrogens with one attached hydrogen (secondary N) is 2. The van der Waals surface area contributed by atoms with Gasteiger partial charge in [0.15, 0.2) is 0 Å². The normalized spacial score (nSPS) is 10.2. The zero-order valence-electron chi connectivity index (χ0n) is 11.4. The highest BCUT2D eigenvalue weighted by Crippen LogP contribution is 2.24. The van der Waals surface area contributed by atoms with Crippen molar-refractivity contribution in [3.63, 3.8) is 0 Å². The Kier molecular flexibility index (Phi) is 5.11. The highest BCUT2D eigenvalue weighted by atomic mass is 79.9. The molecule has 2 aromatic rings. The molecule has 2 rings (SSSR count). The van der Waals surface area contributed by atoms with Crippen molar-refractivity contribution >= 4 is 33.5 Å². The first-order valence-corrected chi connectivity index (χ1v) is 7.10. The number of halogens is 1. The van der Waals surface area contributed by atoms with Crippen LogP contribution in [0.3, 0.4) is 0 Å². The molecule has 0 bridgehead atoms. The van der Waals surface area contributed by atoms with Gasteiger partial charge in [0.25, 0.3) is 0 Å². The van der Waals surface area contributed by atoms with Crippen LogP contribution >= 0.6 is 15.9 Å². The molecule has 1 aromatic heterocycles. The molecule has 0 spiro atoms. The fourth-order valence-electron chi connectivity index (χ4n) is 1.47. The lowest BCUT2D eigenvalue weighted by molar-refractivity contribution is 0.292. The highest BCUT2D eigenvalue weighted by molar-refractivity contribution is 9.10. The summed E-state index contributed by atoms with van der Waals surface area (Å²) in [4.78, 5) is 12.6. The molecule has 0 fully saturated rings. The van der Waals surface area contributed by atoms with Crippen LogP contribution < -0.4 is 15.4 Å². The molecule has 7 heteroatoms. The third-order valence-electron chi connectivity index (χ3n) is 2.39. The van der Waals surface area contributed by atoms with Gasteiger partial charge in [-0.3, -0.25) is 0 Å². The minimum atomic E-state index is 0.306. The van der Waals surface area contributed by atoms with Crippen LogP contribution in [0, 0.1) is 0 Å². The van der Waals surface area contributed by atoms with E-state index in [1.807, 2.05) is 31.2 Å². The summed E-state index contributed by atoms with van der Waals surface area (Å²) < 4.78 is 6.39. The Balaban J connectivity index is 2.24. The Morgan fingerprint density at radius 1 is 1.15 bits per heavy atom. The molecular formula is C13H16BrN5O. The van der Waals surface area contributed by atoms with Crippen LogP contribution in [0.1, 0.15) is 13.3 Å². The number of nitrogens with zero attached hydrogens (tertiary/aromatic N) is 3. The van der Waals surface area contributed by atoms with Crippen molar-refractivity contribution in [1.29, 1.82) is 0 Å². The van der Waals surface area contributed by atoms with Crippen LogP contribution in [0.25, 0.3) is 0 Å². The molecule has 6 nitrogen and oxygen atoms in total. The summed E-state index contributed by atoms with van der Waals surface area (Å²) in [6.07, 6.45) is 0.896. The number of anilines is 3. The van der Waals surface area contributed by atoms with Crippen LogP contribution in [0.2, 0.25) is 0 Å². The summed E-state index contributed by atoms with van der Waals surface area (Å²) in [5.74, 6) is 0.892. The summed E-state index contributed by atoms with van der Waals surface area (Å²) in [5.41, 5.74) is 0.877. The van der Waals surface area contributed by atoms with Crippen molar-refractivity contribution in [2.45, 2.75) is 13.3 Å². The molecule has 1 heterocycles. The third kappa shape index (κ3) is 3.80. The average Bonchev–Trinajstić information content (AvgIpc) is 2.47. The number of ether oxygens (including phenoxy) is 1. The van der Waals surface area contributed by atoms with Crippen LogP contribution in [0.15, 0.2) is 28.7 Å². The fraction of sp³-hybridized carbons (Fsp3) is 0.308.